The van der Waals surface area contributed by atoms with Crippen LogP contribution in [0.3, 0.4) is 0 Å². The van der Waals surface area contributed by atoms with E-state index in [4.69, 9.17) is 4.74 Å². The third-order valence-electron chi connectivity index (χ3n) is 3.58. The predicted octanol–water partition coefficient (Wildman–Crippen LogP) is 2.12. The zero-order valence-corrected chi connectivity index (χ0v) is 10.6. The number of hydrogen-bond donors (Lipinski definition) is 1. The van der Waals surface area contributed by atoms with E-state index in [1.807, 2.05) is 0 Å². The quantitative estimate of drug-likeness (QED) is 0.511. The van der Waals surface area contributed by atoms with Crippen LogP contribution < -0.4 is 4.74 Å². The number of unbranched alkanes of at least 4 members (excludes halogenated alkanes) is 2. The van der Waals surface area contributed by atoms with E-state index in [9.17, 15) is 14.7 Å². The number of carbonyl (C=O) groups excluding carboxylic acids is 2. The molecule has 0 aromatic heterocycles. The van der Waals surface area contributed by atoms with Gasteiger partial charge in [-0.1, -0.05) is 19.8 Å². The molecular formula is C14H14O5. The summed E-state index contributed by atoms with van der Waals surface area (Å²) >= 11 is 0. The molecule has 0 amide bonds. The van der Waals surface area contributed by atoms with Gasteiger partial charge in [0.05, 0.1) is 11.1 Å². The summed E-state index contributed by atoms with van der Waals surface area (Å²) in [5.74, 6) is -2.40. The van der Waals surface area contributed by atoms with Crippen molar-refractivity contribution >= 4 is 11.9 Å². The van der Waals surface area contributed by atoms with Gasteiger partial charge in [0.25, 0.3) is 0 Å². The second-order valence-corrected chi connectivity index (χ2v) is 4.89. The molecule has 0 saturated heterocycles. The van der Waals surface area contributed by atoms with E-state index in [1.165, 1.54) is 6.07 Å². The summed E-state index contributed by atoms with van der Waals surface area (Å²) in [6.07, 6.45) is 3.38. The van der Waals surface area contributed by atoms with Gasteiger partial charge in [-0.3, -0.25) is 0 Å². The minimum Gasteiger partial charge on any atom is -0.457 e. The van der Waals surface area contributed by atoms with Gasteiger partial charge in [-0.05, 0) is 18.6 Å². The summed E-state index contributed by atoms with van der Waals surface area (Å²) in [5, 5.41) is 10.3. The Labute approximate surface area is 110 Å². The molecule has 19 heavy (non-hydrogen) atoms. The molecule has 2 aliphatic rings. The summed E-state index contributed by atoms with van der Waals surface area (Å²) in [6, 6.07) is 3.14. The second kappa shape index (κ2) is 4.06. The minimum absolute atomic E-state index is 0.141. The number of fused-ring (bicyclic) bond motifs is 3. The highest BCUT2D eigenvalue weighted by Crippen LogP contribution is 2.49. The molecule has 2 heterocycles. The van der Waals surface area contributed by atoms with Crippen LogP contribution in [-0.2, 0) is 10.5 Å². The lowest BCUT2D eigenvalue weighted by Gasteiger charge is -2.40. The average Bonchev–Trinajstić information content (AvgIpc) is 2.64. The molecule has 5 heteroatoms. The molecule has 2 aliphatic heterocycles. The van der Waals surface area contributed by atoms with Crippen molar-refractivity contribution in [1.82, 2.24) is 0 Å². The van der Waals surface area contributed by atoms with Crippen molar-refractivity contribution in [2.45, 2.75) is 38.4 Å². The van der Waals surface area contributed by atoms with E-state index < -0.39 is 17.7 Å². The molecule has 1 N–H and O–H groups in total. The lowest BCUT2D eigenvalue weighted by atomic mass is 9.89. The summed E-state index contributed by atoms with van der Waals surface area (Å²) in [4.78, 5) is 22.9. The molecule has 1 aromatic rings. The van der Waals surface area contributed by atoms with E-state index >= 15 is 0 Å². The fourth-order valence-electron chi connectivity index (χ4n) is 2.54. The van der Waals surface area contributed by atoms with E-state index in [0.29, 0.717) is 12.0 Å². The first kappa shape index (κ1) is 12.2. The molecule has 0 fully saturated rings. The van der Waals surface area contributed by atoms with Gasteiger partial charge < -0.3 is 14.6 Å². The van der Waals surface area contributed by atoms with Crippen LogP contribution in [0.25, 0.3) is 0 Å². The van der Waals surface area contributed by atoms with Crippen molar-refractivity contribution in [1.29, 1.82) is 0 Å². The molecule has 1 aromatic carbocycles. The zero-order chi connectivity index (χ0) is 13.6. The van der Waals surface area contributed by atoms with Crippen LogP contribution in [0.1, 0.15) is 58.9 Å². The lowest BCUT2D eigenvalue weighted by Crippen LogP contribution is -2.42. The van der Waals surface area contributed by atoms with Gasteiger partial charge in [0, 0.05) is 6.42 Å². The minimum atomic E-state index is -1.33. The normalized spacial score (nSPS) is 23.3. The number of cyclic esters (lactones) is 2. The van der Waals surface area contributed by atoms with Crippen LogP contribution in [0.5, 0.6) is 5.75 Å². The second-order valence-electron chi connectivity index (χ2n) is 4.89. The predicted molar refractivity (Wildman–Crippen MR) is 64.9 cm³/mol. The first-order chi connectivity index (χ1) is 9.07. The number of rotatable bonds is 4. The Morgan fingerprint density at radius 3 is 2.74 bits per heavy atom. The highest BCUT2D eigenvalue weighted by molar-refractivity contribution is 6.16. The number of aliphatic hydroxyl groups is 1. The summed E-state index contributed by atoms with van der Waals surface area (Å²) in [7, 11) is 0. The summed E-state index contributed by atoms with van der Waals surface area (Å²) < 4.78 is 9.91. The summed E-state index contributed by atoms with van der Waals surface area (Å²) in [5.41, 5.74) is 0.913. The molecule has 100 valence electrons. The lowest BCUT2D eigenvalue weighted by molar-refractivity contribution is -0.188. The molecule has 0 saturated carbocycles. The number of esters is 2. The Bertz CT molecular complexity index is 577. The van der Waals surface area contributed by atoms with Crippen molar-refractivity contribution in [3.63, 3.8) is 0 Å². The number of carbonyl (C=O) groups is 2. The number of hydrogen-bond acceptors (Lipinski definition) is 5. The highest BCUT2D eigenvalue weighted by Gasteiger charge is 2.49. The molecule has 5 nitrogen and oxygen atoms in total. The molecule has 0 radical (unpaired) electrons. The fraction of sp³-hybridized carbons (Fsp3) is 0.429. The molecular weight excluding hydrogens is 248 g/mol. The Morgan fingerprint density at radius 2 is 2.00 bits per heavy atom. The van der Waals surface area contributed by atoms with Crippen LogP contribution in [0.15, 0.2) is 12.1 Å². The van der Waals surface area contributed by atoms with Crippen molar-refractivity contribution in [2.24, 2.45) is 0 Å². The maximum atomic E-state index is 11.5. The number of ether oxygens (including phenoxy) is 2. The summed E-state index contributed by atoms with van der Waals surface area (Å²) in [6.45, 7) is 2.08. The van der Waals surface area contributed by atoms with Gasteiger partial charge in [-0.2, -0.15) is 0 Å². The molecule has 1 unspecified atom stereocenters. The third kappa shape index (κ3) is 1.65. The van der Waals surface area contributed by atoms with Crippen LogP contribution in [-0.4, -0.2) is 17.0 Å². The Kier molecular flexibility index (Phi) is 2.60. The molecule has 0 bridgehead atoms. The van der Waals surface area contributed by atoms with E-state index in [0.717, 1.165) is 19.3 Å². The molecule has 3 rings (SSSR count). The van der Waals surface area contributed by atoms with Crippen LogP contribution >= 0.6 is 0 Å². The Hall–Kier alpha value is -1.88. The maximum Gasteiger partial charge on any atom is 0.350 e. The van der Waals surface area contributed by atoms with Gasteiger partial charge in [0.2, 0.25) is 5.79 Å². The van der Waals surface area contributed by atoms with Gasteiger partial charge in [0.1, 0.15) is 11.3 Å². The molecule has 1 atom stereocenters. The molecule has 0 spiro atoms. The van der Waals surface area contributed by atoms with Crippen molar-refractivity contribution in [3.8, 4) is 5.75 Å². The fourth-order valence-corrected chi connectivity index (χ4v) is 2.54. The topological polar surface area (TPSA) is 72.8 Å². The standard InChI is InChI=1S/C14H14O5/c1-2-3-4-7-14(17)9-6-5-8-10(11(9)19-14)13(16)18-12(8)15/h5-6,17H,2-4,7H2,1H3. The van der Waals surface area contributed by atoms with Crippen molar-refractivity contribution in [2.75, 3.05) is 0 Å². The monoisotopic (exact) mass is 262 g/mol. The smallest absolute Gasteiger partial charge is 0.350 e. The van der Waals surface area contributed by atoms with Crippen molar-refractivity contribution in [3.05, 3.63) is 28.8 Å². The first-order valence-corrected chi connectivity index (χ1v) is 6.42. The Morgan fingerprint density at radius 1 is 1.21 bits per heavy atom. The average molecular weight is 262 g/mol. The third-order valence-corrected chi connectivity index (χ3v) is 3.58. The van der Waals surface area contributed by atoms with Gasteiger partial charge in [-0.15, -0.1) is 0 Å². The van der Waals surface area contributed by atoms with Crippen LogP contribution in [0.2, 0.25) is 0 Å². The molecule has 0 aliphatic carbocycles. The first-order valence-electron chi connectivity index (χ1n) is 6.42. The van der Waals surface area contributed by atoms with E-state index in [2.05, 4.69) is 11.7 Å². The largest absolute Gasteiger partial charge is 0.457 e. The Balaban J connectivity index is 1.91. The van der Waals surface area contributed by atoms with Gasteiger partial charge >= 0.3 is 11.9 Å². The highest BCUT2D eigenvalue weighted by atomic mass is 16.6. The van der Waals surface area contributed by atoms with Gasteiger partial charge in [0.15, 0.2) is 0 Å². The maximum absolute atomic E-state index is 11.5. The van der Waals surface area contributed by atoms with E-state index in [1.54, 1.807) is 6.07 Å². The van der Waals surface area contributed by atoms with E-state index in [-0.39, 0.29) is 16.9 Å². The SMILES string of the molecule is CCCCCC1(O)Oc2c1ccc1c2C(=O)OC1=O. The van der Waals surface area contributed by atoms with Gasteiger partial charge in [-0.25, -0.2) is 9.59 Å². The van der Waals surface area contributed by atoms with Crippen LogP contribution in [0.4, 0.5) is 0 Å². The number of benzene rings is 1. The van der Waals surface area contributed by atoms with Crippen LogP contribution in [0, 0.1) is 0 Å². The van der Waals surface area contributed by atoms with Crippen molar-refractivity contribution < 1.29 is 24.2 Å². The zero-order valence-electron chi connectivity index (χ0n) is 10.6.